The Bertz CT molecular complexity index is 1420. The van der Waals surface area contributed by atoms with Crippen LogP contribution in [0.25, 0.3) is 0 Å². The van der Waals surface area contributed by atoms with Gasteiger partial charge in [-0.05, 0) is 61.0 Å². The summed E-state index contributed by atoms with van der Waals surface area (Å²) >= 11 is 6.06. The van der Waals surface area contributed by atoms with Crippen molar-refractivity contribution in [3.05, 3.63) is 76.3 Å². The molecule has 9 nitrogen and oxygen atoms in total. The lowest BCUT2D eigenvalue weighted by Crippen LogP contribution is -2.29. The van der Waals surface area contributed by atoms with Crippen LogP contribution in [-0.4, -0.2) is 46.2 Å². The van der Waals surface area contributed by atoms with Gasteiger partial charge in [-0.3, -0.25) is 9.10 Å². The van der Waals surface area contributed by atoms with Gasteiger partial charge in [0.2, 0.25) is 0 Å². The molecule has 1 aliphatic heterocycles. The summed E-state index contributed by atoms with van der Waals surface area (Å²) in [5, 5.41) is 12.0. The van der Waals surface area contributed by atoms with Crippen LogP contribution in [-0.2, 0) is 16.4 Å². The molecule has 11 heteroatoms. The first-order chi connectivity index (χ1) is 16.6. The molecule has 1 amide bonds. The molecule has 1 aliphatic rings. The number of carboxylic acids is 1. The van der Waals surface area contributed by atoms with Crippen LogP contribution in [0, 0.1) is 0 Å². The number of carbonyl (C=O) groups is 2. The molecule has 4 rings (SSSR count). The zero-order valence-corrected chi connectivity index (χ0v) is 20.3. The molecule has 0 bridgehead atoms. The number of carboxylic acid groups (broad SMARTS) is 1. The number of ether oxygens (including phenoxy) is 2. The molecule has 0 spiro atoms. The minimum Gasteiger partial charge on any atom is -0.496 e. The van der Waals surface area contributed by atoms with Gasteiger partial charge in [0.1, 0.15) is 16.4 Å². The van der Waals surface area contributed by atoms with Gasteiger partial charge in [0.05, 0.1) is 25.5 Å². The number of nitrogens with one attached hydrogen (secondary N) is 1. The van der Waals surface area contributed by atoms with E-state index in [0.717, 1.165) is 0 Å². The number of nitrogens with zero attached hydrogens (tertiary/aromatic N) is 1. The number of aromatic carboxylic acids is 1. The largest absolute Gasteiger partial charge is 0.496 e. The molecule has 0 radical (unpaired) electrons. The number of fused-ring (bicyclic) bond motifs is 1. The lowest BCUT2D eigenvalue weighted by molar-refractivity contribution is 0.0696. The molecule has 35 heavy (non-hydrogen) atoms. The fraction of sp³-hybridized carbons (Fsp3) is 0.167. The molecule has 0 unspecified atom stereocenters. The summed E-state index contributed by atoms with van der Waals surface area (Å²) in [6.07, 6.45) is 0.388. The van der Waals surface area contributed by atoms with Crippen LogP contribution in [0.4, 0.5) is 11.4 Å². The van der Waals surface area contributed by atoms with Crippen LogP contribution in [0.5, 0.6) is 11.5 Å². The van der Waals surface area contributed by atoms with Crippen LogP contribution >= 0.6 is 11.6 Å². The van der Waals surface area contributed by atoms with Gasteiger partial charge in [0.15, 0.2) is 0 Å². The Morgan fingerprint density at radius 2 is 1.66 bits per heavy atom. The molecule has 2 N–H and O–H groups in total. The van der Waals surface area contributed by atoms with Crippen LogP contribution in [0.15, 0.2) is 59.5 Å². The van der Waals surface area contributed by atoms with Gasteiger partial charge in [0.25, 0.3) is 15.9 Å². The lowest BCUT2D eigenvalue weighted by atomic mass is 10.1. The fourth-order valence-corrected chi connectivity index (χ4v) is 5.78. The van der Waals surface area contributed by atoms with E-state index < -0.39 is 21.9 Å². The number of hydrogen-bond donors (Lipinski definition) is 2. The van der Waals surface area contributed by atoms with Gasteiger partial charge in [-0.25, -0.2) is 13.2 Å². The van der Waals surface area contributed by atoms with E-state index in [0.29, 0.717) is 29.1 Å². The second-order valence-electron chi connectivity index (χ2n) is 7.64. The average molecular weight is 517 g/mol. The highest BCUT2D eigenvalue weighted by molar-refractivity contribution is 7.93. The summed E-state index contributed by atoms with van der Waals surface area (Å²) in [4.78, 5) is 23.9. The van der Waals surface area contributed by atoms with Crippen LogP contribution in [0.1, 0.15) is 26.3 Å². The van der Waals surface area contributed by atoms with Crippen molar-refractivity contribution < 1.29 is 32.6 Å². The third kappa shape index (κ3) is 4.62. The monoisotopic (exact) mass is 516 g/mol. The predicted molar refractivity (Wildman–Crippen MR) is 131 cm³/mol. The van der Waals surface area contributed by atoms with Crippen molar-refractivity contribution in [2.75, 3.05) is 30.4 Å². The van der Waals surface area contributed by atoms with E-state index in [9.17, 15) is 18.0 Å². The minimum atomic E-state index is -4.08. The Kier molecular flexibility index (Phi) is 6.60. The van der Waals surface area contributed by atoms with E-state index in [-0.39, 0.29) is 33.3 Å². The summed E-state index contributed by atoms with van der Waals surface area (Å²) < 4.78 is 39.1. The molecule has 182 valence electrons. The van der Waals surface area contributed by atoms with Gasteiger partial charge in [-0.15, -0.1) is 0 Å². The van der Waals surface area contributed by atoms with Gasteiger partial charge in [-0.2, -0.15) is 0 Å². The Hall–Kier alpha value is -3.76. The molecule has 0 atom stereocenters. The maximum Gasteiger partial charge on any atom is 0.335 e. The maximum atomic E-state index is 13.6. The molecule has 3 aromatic carbocycles. The van der Waals surface area contributed by atoms with Crippen LogP contribution in [0.2, 0.25) is 5.02 Å². The van der Waals surface area contributed by atoms with Crippen molar-refractivity contribution in [2.24, 2.45) is 0 Å². The summed E-state index contributed by atoms with van der Waals surface area (Å²) in [6, 6.07) is 13.0. The normalized spacial score (nSPS) is 12.7. The first kappa shape index (κ1) is 24.4. The van der Waals surface area contributed by atoms with E-state index >= 15 is 0 Å². The number of benzene rings is 3. The highest BCUT2D eigenvalue weighted by Gasteiger charge is 2.35. The van der Waals surface area contributed by atoms with E-state index in [1.807, 2.05) is 0 Å². The van der Waals surface area contributed by atoms with Crippen molar-refractivity contribution in [2.45, 2.75) is 11.3 Å². The van der Waals surface area contributed by atoms with E-state index in [1.165, 1.54) is 73.1 Å². The van der Waals surface area contributed by atoms with E-state index in [4.69, 9.17) is 26.2 Å². The number of sulfonamides is 1. The second-order valence-corrected chi connectivity index (χ2v) is 9.90. The Balaban J connectivity index is 1.72. The molecule has 0 saturated heterocycles. The maximum absolute atomic E-state index is 13.6. The Morgan fingerprint density at radius 3 is 2.29 bits per heavy atom. The molecular weight excluding hydrogens is 496 g/mol. The van der Waals surface area contributed by atoms with E-state index in [1.54, 1.807) is 0 Å². The summed E-state index contributed by atoms with van der Waals surface area (Å²) in [7, 11) is -1.26. The van der Waals surface area contributed by atoms with Gasteiger partial charge >= 0.3 is 5.97 Å². The van der Waals surface area contributed by atoms with Gasteiger partial charge in [-0.1, -0.05) is 11.6 Å². The number of amides is 1. The molecule has 1 heterocycles. The zero-order valence-electron chi connectivity index (χ0n) is 18.7. The third-order valence-electron chi connectivity index (χ3n) is 5.58. The lowest BCUT2D eigenvalue weighted by Gasteiger charge is -2.22. The highest BCUT2D eigenvalue weighted by Crippen LogP contribution is 2.41. The predicted octanol–water partition coefficient (Wildman–Crippen LogP) is 4.06. The number of halogens is 1. The standard InChI is InChI=1S/C24H21ClN2O7S/c1-33-20-8-5-16(25)13-22(20)35(31,32)27-10-9-18-19(27)11-15(12-21(18)34-2)23(28)26-17-6-3-14(4-7-17)24(29)30/h3-8,11-13H,9-10H2,1-2H3,(H,26,28)(H,29,30). The number of anilines is 2. The first-order valence-electron chi connectivity index (χ1n) is 10.4. The van der Waals surface area contributed by atoms with Crippen molar-refractivity contribution in [1.82, 2.24) is 0 Å². The number of rotatable bonds is 7. The number of carbonyl (C=O) groups excluding carboxylic acids is 1. The molecule has 0 saturated carbocycles. The van der Waals surface area contributed by atoms with Crippen molar-refractivity contribution in [1.29, 1.82) is 0 Å². The third-order valence-corrected chi connectivity index (χ3v) is 7.65. The summed E-state index contributed by atoms with van der Waals surface area (Å²) in [5.74, 6) is -1.07. The highest BCUT2D eigenvalue weighted by atomic mass is 35.5. The number of hydrogen-bond acceptors (Lipinski definition) is 6. The topological polar surface area (TPSA) is 122 Å². The van der Waals surface area contributed by atoms with Crippen molar-refractivity contribution >= 4 is 44.9 Å². The fourth-order valence-electron chi connectivity index (χ4n) is 3.87. The summed E-state index contributed by atoms with van der Waals surface area (Å²) in [6.45, 7) is 0.144. The SMILES string of the molecule is COc1ccc(Cl)cc1S(=O)(=O)N1CCc2c(OC)cc(C(=O)Nc3ccc(C(=O)O)cc3)cc21. The van der Waals surface area contributed by atoms with Crippen molar-refractivity contribution in [3.8, 4) is 11.5 Å². The average Bonchev–Trinajstić information content (AvgIpc) is 3.28. The first-order valence-corrected chi connectivity index (χ1v) is 12.2. The Morgan fingerprint density at radius 1 is 0.971 bits per heavy atom. The van der Waals surface area contributed by atoms with E-state index in [2.05, 4.69) is 5.32 Å². The summed E-state index contributed by atoms with van der Waals surface area (Å²) in [5.41, 5.74) is 1.60. The zero-order chi connectivity index (χ0) is 25.3. The minimum absolute atomic E-state index is 0.0829. The molecule has 0 aliphatic carbocycles. The van der Waals surface area contributed by atoms with Crippen LogP contribution in [0.3, 0.4) is 0 Å². The van der Waals surface area contributed by atoms with Crippen LogP contribution < -0.4 is 19.1 Å². The molecule has 3 aromatic rings. The molecular formula is C24H21ClN2O7S. The Labute approximate surface area is 206 Å². The quantitative estimate of drug-likeness (QED) is 0.485. The smallest absolute Gasteiger partial charge is 0.335 e. The van der Waals surface area contributed by atoms with Gasteiger partial charge in [0, 0.05) is 28.4 Å². The molecule has 0 fully saturated rings. The van der Waals surface area contributed by atoms with Crippen molar-refractivity contribution in [3.63, 3.8) is 0 Å². The number of methoxy groups -OCH3 is 2. The molecule has 0 aromatic heterocycles. The second kappa shape index (κ2) is 9.47. The van der Waals surface area contributed by atoms with Gasteiger partial charge < -0.3 is 19.9 Å².